The fourth-order valence-electron chi connectivity index (χ4n) is 2.67. The highest BCUT2D eigenvalue weighted by atomic mass is 16.5. The lowest BCUT2D eigenvalue weighted by Gasteiger charge is -2.33. The summed E-state index contributed by atoms with van der Waals surface area (Å²) in [6.45, 7) is 4.87. The molecule has 1 aromatic rings. The molecule has 2 rings (SSSR count). The third kappa shape index (κ3) is 3.23. The summed E-state index contributed by atoms with van der Waals surface area (Å²) in [4.78, 5) is 2.33. The summed E-state index contributed by atoms with van der Waals surface area (Å²) in [7, 11) is 3.42. The molecule has 2 atom stereocenters. The van der Waals surface area contributed by atoms with Gasteiger partial charge in [0.2, 0.25) is 0 Å². The molecule has 0 radical (unpaired) electrons. The summed E-state index contributed by atoms with van der Waals surface area (Å²) in [6.07, 6.45) is 0. The van der Waals surface area contributed by atoms with Gasteiger partial charge in [-0.05, 0) is 19.1 Å². The van der Waals surface area contributed by atoms with E-state index in [1.54, 1.807) is 26.4 Å². The molecule has 5 heteroatoms. The van der Waals surface area contributed by atoms with Crippen LogP contribution in [-0.2, 0) is 9.47 Å². The zero-order valence-corrected chi connectivity index (χ0v) is 12.3. The fraction of sp³-hybridized carbons (Fsp3) is 0.600. The summed E-state index contributed by atoms with van der Waals surface area (Å²) < 4.78 is 16.2. The number of phenols is 1. The molecule has 0 spiro atoms. The maximum atomic E-state index is 9.52. The molecule has 0 amide bonds. The van der Waals surface area contributed by atoms with Crippen LogP contribution < -0.4 is 4.74 Å². The third-order valence-electron chi connectivity index (χ3n) is 3.68. The van der Waals surface area contributed by atoms with Crippen molar-refractivity contribution < 1.29 is 19.3 Å². The van der Waals surface area contributed by atoms with Crippen molar-refractivity contribution in [3.05, 3.63) is 23.8 Å². The first kappa shape index (κ1) is 15.1. The van der Waals surface area contributed by atoms with Crippen LogP contribution >= 0.6 is 0 Å². The average Bonchev–Trinajstić information content (AvgIpc) is 2.82. The topological polar surface area (TPSA) is 51.2 Å². The number of phenolic OH excluding ortho intramolecular Hbond substituents is 1. The Morgan fingerprint density at radius 1 is 1.40 bits per heavy atom. The minimum atomic E-state index is 0.172. The average molecular weight is 281 g/mol. The number of fused-ring (bicyclic) bond motifs is 1. The zero-order chi connectivity index (χ0) is 14.5. The molecule has 1 aliphatic heterocycles. The molecule has 0 bridgehead atoms. The first-order chi connectivity index (χ1) is 9.67. The molecule has 1 aromatic carbocycles. The van der Waals surface area contributed by atoms with E-state index in [1.807, 2.05) is 6.07 Å². The largest absolute Gasteiger partial charge is 0.508 e. The van der Waals surface area contributed by atoms with E-state index >= 15 is 0 Å². The van der Waals surface area contributed by atoms with Gasteiger partial charge in [-0.15, -0.1) is 0 Å². The van der Waals surface area contributed by atoms with Gasteiger partial charge in [-0.3, -0.25) is 4.90 Å². The van der Waals surface area contributed by atoms with Crippen LogP contribution in [0.5, 0.6) is 11.5 Å². The number of hydrogen-bond acceptors (Lipinski definition) is 5. The highest BCUT2D eigenvalue weighted by Crippen LogP contribution is 2.38. The van der Waals surface area contributed by atoms with Crippen molar-refractivity contribution in [2.45, 2.75) is 19.0 Å². The predicted molar refractivity (Wildman–Crippen MR) is 76.3 cm³/mol. The molecule has 0 aromatic heterocycles. The van der Waals surface area contributed by atoms with Crippen molar-refractivity contribution in [3.63, 3.8) is 0 Å². The number of nitrogens with zero attached hydrogens (tertiary/aromatic N) is 1. The van der Waals surface area contributed by atoms with E-state index in [4.69, 9.17) is 14.2 Å². The first-order valence-corrected chi connectivity index (χ1v) is 6.86. The lowest BCUT2D eigenvalue weighted by molar-refractivity contribution is 0.0399. The summed E-state index contributed by atoms with van der Waals surface area (Å²) in [5.41, 5.74) is 1.11. The molecule has 2 unspecified atom stereocenters. The van der Waals surface area contributed by atoms with Crippen LogP contribution in [0.1, 0.15) is 18.5 Å². The second-order valence-corrected chi connectivity index (χ2v) is 5.08. The molecular weight excluding hydrogens is 258 g/mol. The van der Waals surface area contributed by atoms with Gasteiger partial charge in [0.15, 0.2) is 0 Å². The highest BCUT2D eigenvalue weighted by Gasteiger charge is 2.32. The lowest BCUT2D eigenvalue weighted by atomic mass is 10.1. The Hall–Kier alpha value is -1.30. The van der Waals surface area contributed by atoms with Crippen LogP contribution in [0.4, 0.5) is 0 Å². The lowest BCUT2D eigenvalue weighted by Crippen LogP contribution is -2.41. The Labute approximate surface area is 120 Å². The fourth-order valence-corrected chi connectivity index (χ4v) is 2.67. The van der Waals surface area contributed by atoms with E-state index in [1.165, 1.54) is 0 Å². The van der Waals surface area contributed by atoms with Crippen molar-refractivity contribution in [1.29, 1.82) is 0 Å². The van der Waals surface area contributed by atoms with Gasteiger partial charge in [0.25, 0.3) is 0 Å². The molecule has 1 N–H and O–H groups in total. The Kier molecular flexibility index (Phi) is 5.23. The maximum Gasteiger partial charge on any atom is 0.127 e. The van der Waals surface area contributed by atoms with Crippen LogP contribution in [0, 0.1) is 0 Å². The summed E-state index contributed by atoms with van der Waals surface area (Å²) in [6, 6.07) is 5.75. The van der Waals surface area contributed by atoms with Crippen molar-refractivity contribution in [1.82, 2.24) is 4.90 Å². The minimum Gasteiger partial charge on any atom is -0.508 e. The molecule has 0 fully saturated rings. The number of methoxy groups -OCH3 is 2. The van der Waals surface area contributed by atoms with E-state index in [0.717, 1.165) is 17.9 Å². The van der Waals surface area contributed by atoms with Crippen molar-refractivity contribution in [2.24, 2.45) is 0 Å². The first-order valence-electron chi connectivity index (χ1n) is 6.86. The van der Waals surface area contributed by atoms with Crippen molar-refractivity contribution >= 4 is 0 Å². The normalized spacial score (nSPS) is 18.9. The molecule has 5 nitrogen and oxygen atoms in total. The minimum absolute atomic E-state index is 0.172. The molecular formula is C15H23NO4. The summed E-state index contributed by atoms with van der Waals surface area (Å²) >= 11 is 0. The Bertz CT molecular complexity index is 438. The second kappa shape index (κ2) is 6.92. The third-order valence-corrected chi connectivity index (χ3v) is 3.68. The monoisotopic (exact) mass is 281 g/mol. The van der Waals surface area contributed by atoms with E-state index in [0.29, 0.717) is 19.8 Å². The molecule has 0 saturated carbocycles. The zero-order valence-electron chi connectivity index (χ0n) is 12.3. The van der Waals surface area contributed by atoms with E-state index in [2.05, 4.69) is 11.8 Å². The standard InChI is InChI=1S/C15H23NO4/c1-11(9-19-3)16(6-7-18-2)14-10-20-15-8-12(17)4-5-13(14)15/h4-5,8,11,14,17H,6-7,9-10H2,1-3H3. The molecule has 0 aliphatic carbocycles. The van der Waals surface area contributed by atoms with E-state index in [-0.39, 0.29) is 17.8 Å². The Balaban J connectivity index is 2.18. The van der Waals surface area contributed by atoms with Crippen LogP contribution in [0.2, 0.25) is 0 Å². The quantitative estimate of drug-likeness (QED) is 0.826. The van der Waals surface area contributed by atoms with Gasteiger partial charge < -0.3 is 19.3 Å². The van der Waals surface area contributed by atoms with Crippen molar-refractivity contribution in [3.8, 4) is 11.5 Å². The molecule has 112 valence electrons. The SMILES string of the molecule is COCCN(C(C)COC)C1COc2cc(O)ccc21. The van der Waals surface area contributed by atoms with Crippen LogP contribution in [0.25, 0.3) is 0 Å². The van der Waals surface area contributed by atoms with E-state index < -0.39 is 0 Å². The Morgan fingerprint density at radius 3 is 2.90 bits per heavy atom. The number of aromatic hydroxyl groups is 1. The number of ether oxygens (including phenoxy) is 3. The summed E-state index contributed by atoms with van der Waals surface area (Å²) in [5, 5.41) is 9.52. The highest BCUT2D eigenvalue weighted by molar-refractivity contribution is 5.44. The van der Waals surface area contributed by atoms with Gasteiger partial charge in [-0.2, -0.15) is 0 Å². The smallest absolute Gasteiger partial charge is 0.127 e. The predicted octanol–water partition coefficient (Wildman–Crippen LogP) is 1.81. The second-order valence-electron chi connectivity index (χ2n) is 5.08. The van der Waals surface area contributed by atoms with Crippen LogP contribution in [0.15, 0.2) is 18.2 Å². The van der Waals surface area contributed by atoms with Crippen LogP contribution in [-0.4, -0.2) is 56.6 Å². The molecule has 20 heavy (non-hydrogen) atoms. The van der Waals surface area contributed by atoms with E-state index in [9.17, 15) is 5.11 Å². The number of benzene rings is 1. The number of hydrogen-bond donors (Lipinski definition) is 1. The van der Waals surface area contributed by atoms with Gasteiger partial charge in [-0.25, -0.2) is 0 Å². The van der Waals surface area contributed by atoms with Crippen molar-refractivity contribution in [2.75, 3.05) is 40.6 Å². The number of rotatable bonds is 7. The van der Waals surface area contributed by atoms with Gasteiger partial charge in [0.05, 0.1) is 19.3 Å². The molecule has 0 saturated heterocycles. The van der Waals surface area contributed by atoms with Gasteiger partial charge in [0.1, 0.15) is 18.1 Å². The van der Waals surface area contributed by atoms with Gasteiger partial charge in [0, 0.05) is 38.4 Å². The van der Waals surface area contributed by atoms with Gasteiger partial charge >= 0.3 is 0 Å². The van der Waals surface area contributed by atoms with Gasteiger partial charge in [-0.1, -0.05) is 0 Å². The Morgan fingerprint density at radius 2 is 2.20 bits per heavy atom. The molecule has 1 heterocycles. The van der Waals surface area contributed by atoms with Crippen LogP contribution in [0.3, 0.4) is 0 Å². The maximum absolute atomic E-state index is 9.52. The summed E-state index contributed by atoms with van der Waals surface area (Å²) in [5.74, 6) is 1.000. The molecule has 1 aliphatic rings.